The van der Waals surface area contributed by atoms with Gasteiger partial charge in [0.2, 0.25) is 0 Å². The molecule has 0 aliphatic heterocycles. The van der Waals surface area contributed by atoms with E-state index in [0.29, 0.717) is 15.9 Å². The van der Waals surface area contributed by atoms with Crippen molar-refractivity contribution < 1.29 is 37.0 Å². The summed E-state index contributed by atoms with van der Waals surface area (Å²) in [5.41, 5.74) is 3.02. The van der Waals surface area contributed by atoms with E-state index in [9.17, 15) is 18.4 Å². The van der Waals surface area contributed by atoms with Crippen LogP contribution < -0.4 is 14.4 Å². The lowest BCUT2D eigenvalue weighted by molar-refractivity contribution is -0.269. The molecule has 0 fully saturated rings. The van der Waals surface area contributed by atoms with Crippen LogP contribution in [0.25, 0.3) is 0 Å². The Kier molecular flexibility index (Phi) is 12.5. The van der Waals surface area contributed by atoms with Crippen molar-refractivity contribution in [2.75, 3.05) is 7.05 Å². The monoisotopic (exact) mass is 594 g/mol. The number of benzene rings is 2. The molecule has 0 saturated carbocycles. The number of ether oxygens (including phenoxy) is 1. The van der Waals surface area contributed by atoms with Gasteiger partial charge in [-0.1, -0.05) is 33.8 Å². The van der Waals surface area contributed by atoms with Crippen LogP contribution in [0.4, 0.5) is 13.2 Å². The SMILES string of the molecule is CC1=CC(c2c(OC(C)C)cc(ON(C)SOC(F)(F)F)cc2ON(O)Sc2ccc(C)cc2)CCC1.S. The number of allylic oxidation sites excluding steroid dienone is 2. The van der Waals surface area contributed by atoms with E-state index >= 15 is 0 Å². The van der Waals surface area contributed by atoms with Gasteiger partial charge in [-0.15, -0.1) is 13.2 Å². The van der Waals surface area contributed by atoms with Crippen LogP contribution in [0.15, 0.2) is 52.9 Å². The van der Waals surface area contributed by atoms with E-state index in [-0.39, 0.29) is 49.2 Å². The predicted octanol–water partition coefficient (Wildman–Crippen LogP) is 8.13. The van der Waals surface area contributed by atoms with Gasteiger partial charge in [0.25, 0.3) is 0 Å². The van der Waals surface area contributed by atoms with Crippen LogP contribution in [-0.2, 0) is 4.18 Å². The normalized spacial score (nSPS) is 15.9. The van der Waals surface area contributed by atoms with Crippen molar-refractivity contribution in [2.24, 2.45) is 0 Å². The molecule has 0 bridgehead atoms. The van der Waals surface area contributed by atoms with E-state index in [2.05, 4.69) is 17.2 Å². The molecule has 7 nitrogen and oxygen atoms in total. The van der Waals surface area contributed by atoms with Crippen LogP contribution in [0.2, 0.25) is 0 Å². The molecule has 1 N–H and O–H groups in total. The minimum atomic E-state index is -4.83. The van der Waals surface area contributed by atoms with Crippen molar-refractivity contribution in [3.8, 4) is 17.2 Å². The van der Waals surface area contributed by atoms with Gasteiger partial charge in [0, 0.05) is 52.1 Å². The Labute approximate surface area is 237 Å². The molecular weight excluding hydrogens is 561 g/mol. The van der Waals surface area contributed by atoms with Crippen LogP contribution in [-0.4, -0.2) is 33.8 Å². The highest BCUT2D eigenvalue weighted by molar-refractivity contribution is 7.96. The summed E-state index contributed by atoms with van der Waals surface area (Å²) in [7, 11) is 1.27. The van der Waals surface area contributed by atoms with Gasteiger partial charge in [0.15, 0.2) is 11.5 Å². The fraction of sp³-hybridized carbons (Fsp3) is 0.440. The van der Waals surface area contributed by atoms with Gasteiger partial charge in [0.1, 0.15) is 18.0 Å². The topological polar surface area (TPSA) is 63.6 Å². The van der Waals surface area contributed by atoms with E-state index in [1.165, 1.54) is 18.7 Å². The molecule has 0 radical (unpaired) electrons. The maximum atomic E-state index is 12.5. The summed E-state index contributed by atoms with van der Waals surface area (Å²) in [6.45, 7) is 7.76. The average Bonchev–Trinajstić information content (AvgIpc) is 2.78. The second-order valence-electron chi connectivity index (χ2n) is 8.88. The highest BCUT2D eigenvalue weighted by Crippen LogP contribution is 2.45. The Balaban J connectivity index is 0.00000507. The van der Waals surface area contributed by atoms with Crippen LogP contribution in [0.1, 0.15) is 57.1 Å². The molecule has 13 heteroatoms. The molecule has 1 atom stereocenters. The first-order valence-corrected chi connectivity index (χ1v) is 13.1. The van der Waals surface area contributed by atoms with Gasteiger partial charge in [-0.25, -0.2) is 4.18 Å². The first kappa shape index (κ1) is 32.5. The van der Waals surface area contributed by atoms with Gasteiger partial charge >= 0.3 is 6.36 Å². The highest BCUT2D eigenvalue weighted by atomic mass is 32.2. The summed E-state index contributed by atoms with van der Waals surface area (Å²) in [5.74, 6) is 0.786. The third-order valence-electron chi connectivity index (χ3n) is 5.23. The number of hydrogen-bond donors (Lipinski definition) is 1. The van der Waals surface area contributed by atoms with Crippen molar-refractivity contribution in [1.29, 1.82) is 0 Å². The van der Waals surface area contributed by atoms with Crippen LogP contribution in [0, 0.1) is 6.92 Å². The third-order valence-corrected chi connectivity index (χ3v) is 6.50. The molecule has 2 aromatic carbocycles. The summed E-state index contributed by atoms with van der Waals surface area (Å²) in [4.78, 5) is 12.1. The molecule has 212 valence electrons. The second kappa shape index (κ2) is 14.6. The molecule has 0 amide bonds. The summed E-state index contributed by atoms with van der Waals surface area (Å²) < 4.78 is 48.7. The van der Waals surface area contributed by atoms with Gasteiger partial charge in [-0.2, -0.15) is 13.5 Å². The molecule has 38 heavy (non-hydrogen) atoms. The third kappa shape index (κ3) is 10.4. The Hall–Kier alpha value is -1.74. The molecule has 0 aromatic heterocycles. The predicted molar refractivity (Wildman–Crippen MR) is 147 cm³/mol. The second-order valence-corrected chi connectivity index (χ2v) is 10.7. The molecule has 0 saturated heterocycles. The fourth-order valence-electron chi connectivity index (χ4n) is 3.81. The Morgan fingerprint density at radius 1 is 1.05 bits per heavy atom. The minimum absolute atomic E-state index is 0. The molecule has 1 unspecified atom stereocenters. The van der Waals surface area contributed by atoms with Gasteiger partial charge < -0.3 is 14.4 Å². The number of hydroxylamine groups is 1. The average molecular weight is 595 g/mol. The summed E-state index contributed by atoms with van der Waals surface area (Å²) >= 11 is 0.948. The lowest BCUT2D eigenvalue weighted by atomic mass is 9.85. The summed E-state index contributed by atoms with van der Waals surface area (Å²) in [6, 6.07) is 10.6. The molecular formula is C25H33F3N2O5S3. The van der Waals surface area contributed by atoms with E-state index in [4.69, 9.17) is 14.4 Å². The molecule has 1 aliphatic carbocycles. The standard InChI is InChI=1S/C25H31F3N2O5S2.H2S/c1-16(2)32-22-14-20(33-29(5)37-35-25(26,27)28)15-23(24(22)19-8-6-7-18(4)13-19)34-30(31)36-21-11-9-17(3)10-12-21;/h9-16,19,31H,6-8H2,1-5H3;1H2. The summed E-state index contributed by atoms with van der Waals surface area (Å²) in [5, 5.41) is 10.6. The quantitative estimate of drug-likeness (QED) is 0.120. The largest absolute Gasteiger partial charge is 0.534 e. The first-order chi connectivity index (χ1) is 17.4. The molecule has 0 heterocycles. The Bertz CT molecular complexity index is 1070. The zero-order valence-electron chi connectivity index (χ0n) is 21.7. The van der Waals surface area contributed by atoms with Gasteiger partial charge in [-0.3, -0.25) is 5.21 Å². The Morgan fingerprint density at radius 3 is 2.32 bits per heavy atom. The van der Waals surface area contributed by atoms with Crippen LogP contribution >= 0.6 is 37.7 Å². The van der Waals surface area contributed by atoms with Crippen molar-refractivity contribution in [1.82, 2.24) is 9.10 Å². The highest BCUT2D eigenvalue weighted by Gasteiger charge is 2.32. The zero-order chi connectivity index (χ0) is 27.2. The molecule has 0 spiro atoms. The van der Waals surface area contributed by atoms with Crippen molar-refractivity contribution in [3.63, 3.8) is 0 Å². The van der Waals surface area contributed by atoms with E-state index in [1.54, 1.807) is 6.07 Å². The van der Waals surface area contributed by atoms with Crippen LogP contribution in [0.3, 0.4) is 0 Å². The number of hydrogen-bond acceptors (Lipinski definition) is 9. The van der Waals surface area contributed by atoms with Gasteiger partial charge in [0.05, 0.1) is 6.10 Å². The minimum Gasteiger partial charge on any atom is -0.490 e. The summed E-state index contributed by atoms with van der Waals surface area (Å²) in [6.07, 6.45) is -0.0848. The van der Waals surface area contributed by atoms with Crippen molar-refractivity contribution in [3.05, 3.63) is 59.2 Å². The van der Waals surface area contributed by atoms with E-state index in [0.717, 1.165) is 46.1 Å². The number of nitrogens with zero attached hydrogens (tertiary/aromatic N) is 2. The first-order valence-electron chi connectivity index (χ1n) is 11.7. The van der Waals surface area contributed by atoms with E-state index < -0.39 is 6.36 Å². The maximum Gasteiger partial charge on any atom is 0.534 e. The zero-order valence-corrected chi connectivity index (χ0v) is 24.4. The number of halogens is 3. The fourth-order valence-corrected chi connectivity index (χ4v) is 4.67. The van der Waals surface area contributed by atoms with Gasteiger partial charge in [-0.05, 0) is 59.1 Å². The van der Waals surface area contributed by atoms with Crippen molar-refractivity contribution >= 4 is 37.7 Å². The number of aryl methyl sites for hydroxylation is 1. The lowest BCUT2D eigenvalue weighted by Gasteiger charge is -2.27. The number of alkyl halides is 3. The van der Waals surface area contributed by atoms with Crippen molar-refractivity contribution in [2.45, 2.75) is 70.2 Å². The Morgan fingerprint density at radius 2 is 1.71 bits per heavy atom. The van der Waals surface area contributed by atoms with Crippen LogP contribution in [0.5, 0.6) is 17.2 Å². The molecule has 1 aliphatic rings. The molecule has 2 aromatic rings. The number of rotatable bonds is 11. The van der Waals surface area contributed by atoms with E-state index in [1.807, 2.05) is 45.0 Å². The molecule has 3 rings (SSSR count). The maximum absolute atomic E-state index is 12.5. The smallest absolute Gasteiger partial charge is 0.490 e. The lowest BCUT2D eigenvalue weighted by Crippen LogP contribution is -2.20.